The molecule has 14 nitrogen and oxygen atoms in total. The van der Waals surface area contributed by atoms with E-state index in [1.807, 2.05) is 31.2 Å². The maximum absolute atomic E-state index is 12.4. The highest BCUT2D eigenvalue weighted by Crippen LogP contribution is 2.55. The number of carboxylic acid groups (broad SMARTS) is 1. The van der Waals surface area contributed by atoms with Crippen LogP contribution in [0.3, 0.4) is 0 Å². The average Bonchev–Trinajstić information content (AvgIpc) is 3.89. The lowest BCUT2D eigenvalue weighted by atomic mass is 9.74. The zero-order valence-electron chi connectivity index (χ0n) is 36.9. The van der Waals surface area contributed by atoms with Crippen LogP contribution in [0.4, 0.5) is 0 Å². The number of aliphatic carboxylic acids is 1. The molecule has 3 spiro atoms. The largest absolute Gasteiger partial charge is 0.481 e. The quantitative estimate of drug-likeness (QED) is 0.190. The topological polar surface area (TPSA) is 184 Å². The summed E-state index contributed by atoms with van der Waals surface area (Å²) in [5.41, 5.74) is 0.189. The van der Waals surface area contributed by atoms with E-state index in [4.69, 9.17) is 43.0 Å². The van der Waals surface area contributed by atoms with Crippen molar-refractivity contribution in [2.24, 2.45) is 35.5 Å². The van der Waals surface area contributed by atoms with Crippen LogP contribution >= 0.6 is 0 Å². The predicted octanol–water partition coefficient (Wildman–Crippen LogP) is 5.23. The zero-order chi connectivity index (χ0) is 43.3. The van der Waals surface area contributed by atoms with Crippen LogP contribution in [0.2, 0.25) is 0 Å². The van der Waals surface area contributed by atoms with Crippen LogP contribution in [0.1, 0.15) is 119 Å². The number of hydrogen-bond acceptors (Lipinski definition) is 13. The minimum atomic E-state index is -2.16. The Bertz CT molecular complexity index is 1730. The van der Waals surface area contributed by atoms with Crippen molar-refractivity contribution in [1.29, 1.82) is 0 Å². The molecule has 0 radical (unpaired) electrons. The third-order valence-electron chi connectivity index (χ3n) is 16.1. The van der Waals surface area contributed by atoms with Gasteiger partial charge in [-0.25, -0.2) is 0 Å². The second-order valence-electron chi connectivity index (χ2n) is 20.9. The standard InChI is InChI=1S/C47H71NO13/c1-25-18-35-41-37(23-45(59-41)28(4)17-26(2)24-48-45)57-44(21-25,56-35)22-27(3)40-30(6)39(51)31(7)47(53,60-40)42(52)36-20-34-33(54-36)19-29(5)46(58-34)16-15-43(61-46)14-10-12-32(55-43)11-8-9-13-38(49)50/h8,10-11,14,25-26,28-37,39-42,48,51-53H,3,9,12-13,15-24H2,1-2,4-7H3,(H,49,50)/b11-8+/t25-,26+,28-,29+,30+,31-,32-,33+,34+,35-,36-,37+,39?,40-,41+,42+,43+,44-,45-,46-,47-/m1/s1. The predicted molar refractivity (Wildman–Crippen MR) is 220 cm³/mol. The molecule has 1 unspecified atom stereocenters. The highest BCUT2D eigenvalue weighted by Gasteiger charge is 2.65. The molecule has 0 aliphatic carbocycles. The first-order valence-corrected chi connectivity index (χ1v) is 23.4. The molecule has 5 N–H and O–H groups in total. The molecule has 0 aromatic rings. The molecule has 9 aliphatic heterocycles. The molecule has 0 aromatic carbocycles. The molecule has 0 saturated carbocycles. The molecule has 21 atom stereocenters. The summed E-state index contributed by atoms with van der Waals surface area (Å²) in [7, 11) is 0. The van der Waals surface area contributed by atoms with Crippen molar-refractivity contribution >= 4 is 5.97 Å². The number of carboxylic acids is 1. The molecule has 0 amide bonds. The number of rotatable bonds is 9. The van der Waals surface area contributed by atoms with Gasteiger partial charge in [0.25, 0.3) is 0 Å². The van der Waals surface area contributed by atoms with Crippen LogP contribution in [0, 0.1) is 35.5 Å². The molecule has 2 bridgehead atoms. The summed E-state index contributed by atoms with van der Waals surface area (Å²) in [4.78, 5) is 11.0. The fourth-order valence-electron chi connectivity index (χ4n) is 12.8. The summed E-state index contributed by atoms with van der Waals surface area (Å²) in [6.07, 6.45) is 9.08. The third-order valence-corrected chi connectivity index (χ3v) is 16.1. The molecule has 61 heavy (non-hydrogen) atoms. The minimum Gasteiger partial charge on any atom is -0.481 e. The van der Waals surface area contributed by atoms with E-state index < -0.39 is 77.2 Å². The molecule has 9 heterocycles. The Morgan fingerprint density at radius 3 is 2.46 bits per heavy atom. The van der Waals surface area contributed by atoms with E-state index in [2.05, 4.69) is 39.6 Å². The number of allylic oxidation sites excluding steroid dienone is 1. The average molecular weight is 858 g/mol. The molecular weight excluding hydrogens is 787 g/mol. The zero-order valence-corrected chi connectivity index (χ0v) is 36.9. The van der Waals surface area contributed by atoms with Crippen molar-refractivity contribution in [1.82, 2.24) is 5.32 Å². The van der Waals surface area contributed by atoms with Gasteiger partial charge in [-0.2, -0.15) is 0 Å². The van der Waals surface area contributed by atoms with Crippen molar-refractivity contribution in [3.05, 3.63) is 36.5 Å². The van der Waals surface area contributed by atoms with Crippen LogP contribution < -0.4 is 5.32 Å². The van der Waals surface area contributed by atoms with Crippen LogP contribution in [-0.4, -0.2) is 123 Å². The van der Waals surface area contributed by atoms with Crippen LogP contribution in [0.5, 0.6) is 0 Å². The number of piperidine rings is 1. The van der Waals surface area contributed by atoms with Crippen molar-refractivity contribution in [3.8, 4) is 0 Å². The Balaban J connectivity index is 0.861. The third kappa shape index (κ3) is 7.94. The van der Waals surface area contributed by atoms with E-state index >= 15 is 0 Å². The molecule has 0 aromatic heterocycles. The fourth-order valence-corrected chi connectivity index (χ4v) is 12.8. The summed E-state index contributed by atoms with van der Waals surface area (Å²) < 4.78 is 53.8. The number of aliphatic hydroxyl groups is 3. The van der Waals surface area contributed by atoms with Gasteiger partial charge in [-0.15, -0.1) is 0 Å². The Morgan fingerprint density at radius 1 is 0.902 bits per heavy atom. The van der Waals surface area contributed by atoms with Crippen molar-refractivity contribution in [3.63, 3.8) is 0 Å². The highest BCUT2D eigenvalue weighted by molar-refractivity contribution is 5.66. The number of fused-ring (bicyclic) bond motifs is 5. The summed E-state index contributed by atoms with van der Waals surface area (Å²) in [5, 5.41) is 49.0. The van der Waals surface area contributed by atoms with Gasteiger partial charge in [0.2, 0.25) is 0 Å². The smallest absolute Gasteiger partial charge is 0.303 e. The van der Waals surface area contributed by atoms with Crippen molar-refractivity contribution in [2.45, 2.75) is 209 Å². The molecule has 8 fully saturated rings. The summed E-state index contributed by atoms with van der Waals surface area (Å²) >= 11 is 0. The second kappa shape index (κ2) is 16.3. The molecule has 9 aliphatic rings. The molecule has 342 valence electrons. The molecule has 14 heteroatoms. The van der Waals surface area contributed by atoms with Crippen molar-refractivity contribution < 1.29 is 63.1 Å². The van der Waals surface area contributed by atoms with Gasteiger partial charge in [0.1, 0.15) is 17.9 Å². The highest BCUT2D eigenvalue weighted by atomic mass is 16.8. The lowest BCUT2D eigenvalue weighted by Gasteiger charge is -2.54. The molecule has 8 saturated heterocycles. The van der Waals surface area contributed by atoms with Crippen LogP contribution in [-0.2, 0) is 42.7 Å². The number of carbonyl (C=O) groups is 1. The van der Waals surface area contributed by atoms with Crippen LogP contribution in [0.15, 0.2) is 36.5 Å². The van der Waals surface area contributed by atoms with Gasteiger partial charge in [0, 0.05) is 69.2 Å². The maximum Gasteiger partial charge on any atom is 0.303 e. The van der Waals surface area contributed by atoms with Gasteiger partial charge >= 0.3 is 5.97 Å². The monoisotopic (exact) mass is 857 g/mol. The van der Waals surface area contributed by atoms with Gasteiger partial charge in [0.05, 0.1) is 48.8 Å². The Hall–Kier alpha value is -1.79. The van der Waals surface area contributed by atoms with E-state index in [9.17, 15) is 20.1 Å². The molecular formula is C47H71NO13. The van der Waals surface area contributed by atoms with Gasteiger partial charge < -0.3 is 58.3 Å². The Morgan fingerprint density at radius 2 is 1.69 bits per heavy atom. The van der Waals surface area contributed by atoms with Gasteiger partial charge in [-0.1, -0.05) is 66.3 Å². The van der Waals surface area contributed by atoms with E-state index in [1.54, 1.807) is 6.92 Å². The number of nitrogens with one attached hydrogen (secondary N) is 1. The first-order valence-electron chi connectivity index (χ1n) is 23.4. The first-order chi connectivity index (χ1) is 28.9. The maximum atomic E-state index is 12.4. The number of aliphatic hydroxyl groups excluding tert-OH is 2. The second-order valence-corrected chi connectivity index (χ2v) is 20.9. The van der Waals surface area contributed by atoms with Gasteiger partial charge in [-0.3, -0.25) is 10.1 Å². The van der Waals surface area contributed by atoms with E-state index in [0.717, 1.165) is 25.8 Å². The summed E-state index contributed by atoms with van der Waals surface area (Å²) in [6, 6.07) is 0. The normalized spacial score (nSPS) is 53.4. The number of ether oxygens (including phenoxy) is 8. The summed E-state index contributed by atoms with van der Waals surface area (Å²) in [5.74, 6) is -5.98. The van der Waals surface area contributed by atoms with E-state index in [0.29, 0.717) is 74.7 Å². The minimum absolute atomic E-state index is 0.0633. The first kappa shape index (κ1) is 44.4. The van der Waals surface area contributed by atoms with E-state index in [1.165, 1.54) is 0 Å². The fraction of sp³-hybridized carbons (Fsp3) is 0.851. The summed E-state index contributed by atoms with van der Waals surface area (Å²) in [6.45, 7) is 17.8. The van der Waals surface area contributed by atoms with Crippen molar-refractivity contribution in [2.75, 3.05) is 6.54 Å². The molecule has 9 rings (SSSR count). The van der Waals surface area contributed by atoms with Gasteiger partial charge in [0.15, 0.2) is 23.1 Å². The van der Waals surface area contributed by atoms with E-state index in [-0.39, 0.29) is 42.9 Å². The van der Waals surface area contributed by atoms with Gasteiger partial charge in [-0.05, 0) is 61.5 Å². The van der Waals surface area contributed by atoms with Crippen LogP contribution in [0.25, 0.3) is 0 Å². The SMILES string of the molecule is C=C(C[C@]12C[C@H](C)C[C@@H](O1)[C@@H]1O[C@@]3(C[C@@H]1O2)NC[C@@H](C)C[C@H]3C)[C@H]1O[C@@](O)([C@@H](O)[C@H]2C[C@@H]3O[C@@]4(CC[C@]5(C=CC[C@@H](/C=C/CCC(=O)O)O5)O4)[C@@H](C)C[C@@H]3O2)[C@H](C)C(O)[C@@H]1C. The lowest BCUT2D eigenvalue weighted by Crippen LogP contribution is -2.65. The lowest BCUT2D eigenvalue weighted by molar-refractivity contribution is -0.370. The Labute approximate surface area is 360 Å². The number of hydrogen-bond donors (Lipinski definition) is 5. The Kier molecular flexibility index (Phi) is 11.8.